The Hall–Kier alpha value is -0.500. The van der Waals surface area contributed by atoms with Crippen molar-refractivity contribution in [2.24, 2.45) is 5.73 Å². The maximum atomic E-state index is 12.1. The van der Waals surface area contributed by atoms with E-state index in [4.69, 9.17) is 5.73 Å². The molecule has 1 atom stereocenters. The monoisotopic (exact) mass is 305 g/mol. The van der Waals surface area contributed by atoms with Gasteiger partial charge in [0.05, 0.1) is 0 Å². The summed E-state index contributed by atoms with van der Waals surface area (Å²) in [6.07, 6.45) is 3.61. The van der Waals surface area contributed by atoms with Gasteiger partial charge in [-0.3, -0.25) is 4.98 Å². The SMILES string of the molecule is N[C@H]1CCN(S(=O)(=O)c2cncc(Br)c2)C1. The zero-order chi connectivity index (χ0) is 11.8. The van der Waals surface area contributed by atoms with E-state index in [1.807, 2.05) is 0 Å². The fourth-order valence-electron chi connectivity index (χ4n) is 1.65. The van der Waals surface area contributed by atoms with Gasteiger partial charge in [-0.1, -0.05) is 0 Å². The first kappa shape index (κ1) is 12.0. The standard InChI is InChI=1S/C9H12BrN3O2S/c10-7-3-9(5-12-4-7)16(14,15)13-2-1-8(11)6-13/h3-5,8H,1-2,6,11H2/t8-/m0/s1. The number of sulfonamides is 1. The summed E-state index contributed by atoms with van der Waals surface area (Å²) in [5.74, 6) is 0. The molecular formula is C9H12BrN3O2S. The van der Waals surface area contributed by atoms with Gasteiger partial charge in [-0.15, -0.1) is 0 Å². The largest absolute Gasteiger partial charge is 0.326 e. The molecule has 0 spiro atoms. The van der Waals surface area contributed by atoms with Gasteiger partial charge in [0.15, 0.2) is 0 Å². The van der Waals surface area contributed by atoms with Crippen LogP contribution in [0, 0.1) is 0 Å². The lowest BCUT2D eigenvalue weighted by atomic mass is 10.3. The summed E-state index contributed by atoms with van der Waals surface area (Å²) in [5, 5.41) is 0. The summed E-state index contributed by atoms with van der Waals surface area (Å²) >= 11 is 3.20. The summed E-state index contributed by atoms with van der Waals surface area (Å²) in [5.41, 5.74) is 5.70. The highest BCUT2D eigenvalue weighted by molar-refractivity contribution is 9.10. The van der Waals surface area contributed by atoms with Crippen LogP contribution in [0.25, 0.3) is 0 Å². The first-order valence-electron chi connectivity index (χ1n) is 4.86. The van der Waals surface area contributed by atoms with Crippen LogP contribution in [-0.2, 0) is 10.0 Å². The number of rotatable bonds is 2. The average molecular weight is 306 g/mol. The van der Waals surface area contributed by atoms with Crippen LogP contribution in [0.1, 0.15) is 6.42 Å². The van der Waals surface area contributed by atoms with E-state index in [0.717, 1.165) is 0 Å². The fourth-order valence-corrected chi connectivity index (χ4v) is 3.67. The Labute approximate surface area is 103 Å². The Morgan fingerprint density at radius 1 is 1.50 bits per heavy atom. The van der Waals surface area contributed by atoms with Crippen molar-refractivity contribution in [1.82, 2.24) is 9.29 Å². The highest BCUT2D eigenvalue weighted by Crippen LogP contribution is 2.21. The van der Waals surface area contributed by atoms with Crippen molar-refractivity contribution < 1.29 is 8.42 Å². The summed E-state index contributed by atoms with van der Waals surface area (Å²) in [4.78, 5) is 4.06. The molecule has 1 fully saturated rings. The number of hydrogen-bond acceptors (Lipinski definition) is 4. The van der Waals surface area contributed by atoms with E-state index < -0.39 is 10.0 Å². The molecule has 0 radical (unpaired) electrons. The van der Waals surface area contributed by atoms with E-state index >= 15 is 0 Å². The molecule has 1 aliphatic rings. The number of aromatic nitrogens is 1. The highest BCUT2D eigenvalue weighted by atomic mass is 79.9. The average Bonchev–Trinajstić information content (AvgIpc) is 2.65. The molecular weight excluding hydrogens is 294 g/mol. The number of hydrogen-bond donors (Lipinski definition) is 1. The van der Waals surface area contributed by atoms with Crippen LogP contribution in [0.5, 0.6) is 0 Å². The van der Waals surface area contributed by atoms with Crippen LogP contribution >= 0.6 is 15.9 Å². The van der Waals surface area contributed by atoms with Gasteiger partial charge in [0, 0.05) is 36.0 Å². The Kier molecular flexibility index (Phi) is 3.29. The van der Waals surface area contributed by atoms with Crippen molar-refractivity contribution in [3.63, 3.8) is 0 Å². The van der Waals surface area contributed by atoms with Crippen molar-refractivity contribution in [2.45, 2.75) is 17.4 Å². The second-order valence-electron chi connectivity index (χ2n) is 3.75. The minimum atomic E-state index is -3.43. The summed E-state index contributed by atoms with van der Waals surface area (Å²) in [6.45, 7) is 0.866. The smallest absolute Gasteiger partial charge is 0.244 e. The molecule has 16 heavy (non-hydrogen) atoms. The van der Waals surface area contributed by atoms with Gasteiger partial charge in [0.1, 0.15) is 4.90 Å². The Morgan fingerprint density at radius 2 is 2.25 bits per heavy atom. The van der Waals surface area contributed by atoms with Gasteiger partial charge in [-0.25, -0.2) is 8.42 Å². The highest BCUT2D eigenvalue weighted by Gasteiger charge is 2.31. The van der Waals surface area contributed by atoms with E-state index in [1.165, 1.54) is 10.5 Å². The fraction of sp³-hybridized carbons (Fsp3) is 0.444. The van der Waals surface area contributed by atoms with Crippen LogP contribution in [0.15, 0.2) is 27.8 Å². The second kappa shape index (κ2) is 4.40. The minimum absolute atomic E-state index is 0.0603. The van der Waals surface area contributed by atoms with Gasteiger partial charge in [0.2, 0.25) is 10.0 Å². The van der Waals surface area contributed by atoms with Gasteiger partial charge in [-0.05, 0) is 28.4 Å². The predicted molar refractivity (Wildman–Crippen MR) is 63.3 cm³/mol. The lowest BCUT2D eigenvalue weighted by molar-refractivity contribution is 0.472. The minimum Gasteiger partial charge on any atom is -0.326 e. The normalized spacial score (nSPS) is 22.5. The topological polar surface area (TPSA) is 76.3 Å². The number of halogens is 1. The van der Waals surface area contributed by atoms with Gasteiger partial charge >= 0.3 is 0 Å². The first-order chi connectivity index (χ1) is 7.50. The maximum absolute atomic E-state index is 12.1. The summed E-state index contributed by atoms with van der Waals surface area (Å²) in [7, 11) is -3.43. The van der Waals surface area contributed by atoms with Crippen LogP contribution in [0.3, 0.4) is 0 Å². The summed E-state index contributed by atoms with van der Waals surface area (Å²) < 4.78 is 26.3. The van der Waals surface area contributed by atoms with Crippen LogP contribution in [0.2, 0.25) is 0 Å². The number of nitrogens with zero attached hydrogens (tertiary/aromatic N) is 2. The van der Waals surface area contributed by atoms with Crippen molar-refractivity contribution in [1.29, 1.82) is 0 Å². The van der Waals surface area contributed by atoms with Crippen LogP contribution in [-0.4, -0.2) is 36.8 Å². The molecule has 5 nitrogen and oxygen atoms in total. The molecule has 0 aromatic carbocycles. The third kappa shape index (κ3) is 2.27. The quantitative estimate of drug-likeness (QED) is 0.866. The molecule has 1 saturated heterocycles. The maximum Gasteiger partial charge on any atom is 0.244 e. The van der Waals surface area contributed by atoms with Gasteiger partial charge < -0.3 is 5.73 Å². The van der Waals surface area contributed by atoms with E-state index in [-0.39, 0.29) is 10.9 Å². The number of nitrogens with two attached hydrogens (primary N) is 1. The molecule has 1 aromatic heterocycles. The zero-order valence-corrected chi connectivity index (χ0v) is 10.9. The molecule has 2 rings (SSSR count). The van der Waals surface area contributed by atoms with Gasteiger partial charge in [0.25, 0.3) is 0 Å². The second-order valence-corrected chi connectivity index (χ2v) is 6.60. The molecule has 0 amide bonds. The van der Waals surface area contributed by atoms with E-state index in [9.17, 15) is 8.42 Å². The van der Waals surface area contributed by atoms with Crippen LogP contribution < -0.4 is 5.73 Å². The lowest BCUT2D eigenvalue weighted by Crippen LogP contribution is -2.32. The molecule has 2 N–H and O–H groups in total. The van der Waals surface area contributed by atoms with Crippen molar-refractivity contribution in [2.75, 3.05) is 13.1 Å². The molecule has 7 heteroatoms. The molecule has 0 saturated carbocycles. The van der Waals surface area contributed by atoms with Crippen molar-refractivity contribution >= 4 is 26.0 Å². The van der Waals surface area contributed by atoms with E-state index in [0.29, 0.717) is 24.0 Å². The predicted octanol–water partition coefficient (Wildman–Crippen LogP) is 0.566. The van der Waals surface area contributed by atoms with Crippen LogP contribution in [0.4, 0.5) is 0 Å². The first-order valence-corrected chi connectivity index (χ1v) is 7.10. The summed E-state index contributed by atoms with van der Waals surface area (Å²) in [6, 6.07) is 1.49. The molecule has 0 unspecified atom stereocenters. The van der Waals surface area contributed by atoms with Gasteiger partial charge in [-0.2, -0.15) is 4.31 Å². The molecule has 88 valence electrons. The lowest BCUT2D eigenvalue weighted by Gasteiger charge is -2.15. The molecule has 1 aliphatic heterocycles. The zero-order valence-electron chi connectivity index (χ0n) is 8.51. The Balaban J connectivity index is 2.32. The van der Waals surface area contributed by atoms with E-state index in [2.05, 4.69) is 20.9 Å². The Bertz CT molecular complexity index is 491. The molecule has 1 aromatic rings. The molecule has 0 bridgehead atoms. The third-order valence-electron chi connectivity index (χ3n) is 2.51. The van der Waals surface area contributed by atoms with E-state index in [1.54, 1.807) is 12.3 Å². The van der Waals surface area contributed by atoms with Crippen molar-refractivity contribution in [3.05, 3.63) is 22.9 Å². The third-order valence-corrected chi connectivity index (χ3v) is 4.77. The Morgan fingerprint density at radius 3 is 2.81 bits per heavy atom. The van der Waals surface area contributed by atoms with Crippen molar-refractivity contribution in [3.8, 4) is 0 Å². The number of pyridine rings is 1. The molecule has 0 aliphatic carbocycles. The molecule has 2 heterocycles.